The number of carbonyl (C=O) groups excluding carboxylic acids is 1. The van der Waals surface area contributed by atoms with E-state index in [0.29, 0.717) is 11.5 Å². The number of nitrogens with zero attached hydrogens (tertiary/aromatic N) is 4. The van der Waals surface area contributed by atoms with E-state index in [1.54, 1.807) is 6.07 Å². The molecule has 6 nitrogen and oxygen atoms in total. The van der Waals surface area contributed by atoms with Crippen LogP contribution in [0.25, 0.3) is 11.4 Å². The second-order valence-electron chi connectivity index (χ2n) is 7.41. The van der Waals surface area contributed by atoms with E-state index >= 15 is 0 Å². The van der Waals surface area contributed by atoms with Gasteiger partial charge in [-0.3, -0.25) is 4.79 Å². The van der Waals surface area contributed by atoms with Gasteiger partial charge in [0.2, 0.25) is 0 Å². The number of anilines is 2. The molecule has 148 valence electrons. The van der Waals surface area contributed by atoms with Crippen LogP contribution in [0, 0.1) is 6.92 Å². The molecule has 29 heavy (non-hydrogen) atoms. The first-order valence-corrected chi connectivity index (χ1v) is 9.84. The van der Waals surface area contributed by atoms with E-state index in [-0.39, 0.29) is 5.91 Å². The van der Waals surface area contributed by atoms with Crippen LogP contribution in [0.1, 0.15) is 16.1 Å². The number of piperazine rings is 1. The predicted octanol–water partition coefficient (Wildman–Crippen LogP) is 3.46. The van der Waals surface area contributed by atoms with Crippen molar-refractivity contribution >= 4 is 17.4 Å². The topological polar surface area (TPSA) is 61.4 Å². The summed E-state index contributed by atoms with van der Waals surface area (Å²) >= 11 is 0. The number of likely N-dealkylation sites (N-methyl/N-ethyl adjacent to an activating group) is 1. The van der Waals surface area contributed by atoms with Gasteiger partial charge in [0, 0.05) is 43.5 Å². The lowest BCUT2D eigenvalue weighted by Gasteiger charge is -2.33. The van der Waals surface area contributed by atoms with Gasteiger partial charge in [-0.2, -0.15) is 0 Å². The fourth-order valence-corrected chi connectivity index (χ4v) is 3.30. The average Bonchev–Trinajstić information content (AvgIpc) is 2.76. The predicted molar refractivity (Wildman–Crippen MR) is 116 cm³/mol. The van der Waals surface area contributed by atoms with Crippen molar-refractivity contribution in [2.75, 3.05) is 43.4 Å². The van der Waals surface area contributed by atoms with Crippen LogP contribution < -0.4 is 10.2 Å². The molecule has 1 aliphatic rings. The van der Waals surface area contributed by atoms with Crippen LogP contribution >= 0.6 is 0 Å². The van der Waals surface area contributed by atoms with E-state index in [1.807, 2.05) is 61.5 Å². The number of rotatable bonds is 4. The molecule has 1 aromatic heterocycles. The van der Waals surface area contributed by atoms with Crippen LogP contribution in [0.5, 0.6) is 0 Å². The smallest absolute Gasteiger partial charge is 0.274 e. The van der Waals surface area contributed by atoms with Gasteiger partial charge >= 0.3 is 0 Å². The van der Waals surface area contributed by atoms with E-state index in [9.17, 15) is 4.79 Å². The quantitative estimate of drug-likeness (QED) is 0.743. The number of hydrogen-bond acceptors (Lipinski definition) is 5. The molecular weight excluding hydrogens is 362 g/mol. The minimum Gasteiger partial charge on any atom is -0.354 e. The van der Waals surface area contributed by atoms with Crippen molar-refractivity contribution in [2.24, 2.45) is 0 Å². The molecular formula is C23H25N5O. The summed E-state index contributed by atoms with van der Waals surface area (Å²) in [6.45, 7) is 5.71. The molecule has 0 radical (unpaired) electrons. The average molecular weight is 387 g/mol. The van der Waals surface area contributed by atoms with Crippen LogP contribution in [0.3, 0.4) is 0 Å². The number of aryl methyl sites for hydroxylation is 1. The number of carbonyl (C=O) groups is 1. The molecule has 2 heterocycles. The summed E-state index contributed by atoms with van der Waals surface area (Å²) in [6.07, 6.45) is 0. The summed E-state index contributed by atoms with van der Waals surface area (Å²) in [6, 6.07) is 19.3. The first kappa shape index (κ1) is 19.1. The molecule has 3 aromatic rings. The molecule has 1 N–H and O–H groups in total. The Hall–Kier alpha value is -3.25. The molecule has 1 aliphatic heterocycles. The van der Waals surface area contributed by atoms with Gasteiger partial charge in [-0.05, 0) is 26.1 Å². The maximum Gasteiger partial charge on any atom is 0.274 e. The highest BCUT2D eigenvalue weighted by atomic mass is 16.1. The van der Waals surface area contributed by atoms with Crippen LogP contribution in [0.4, 0.5) is 11.5 Å². The monoisotopic (exact) mass is 387 g/mol. The highest BCUT2D eigenvalue weighted by Gasteiger charge is 2.20. The van der Waals surface area contributed by atoms with Crippen molar-refractivity contribution in [3.8, 4) is 11.4 Å². The van der Waals surface area contributed by atoms with Crippen LogP contribution in [-0.2, 0) is 0 Å². The van der Waals surface area contributed by atoms with Crippen molar-refractivity contribution in [3.63, 3.8) is 0 Å². The Bertz CT molecular complexity index is 980. The number of nitrogens with one attached hydrogen (secondary N) is 1. The van der Waals surface area contributed by atoms with Crippen molar-refractivity contribution in [2.45, 2.75) is 6.92 Å². The first-order chi connectivity index (χ1) is 14.1. The molecule has 0 saturated carbocycles. The second kappa shape index (κ2) is 8.41. The van der Waals surface area contributed by atoms with Crippen LogP contribution in [-0.4, -0.2) is 54.0 Å². The normalized spacial score (nSPS) is 14.6. The summed E-state index contributed by atoms with van der Waals surface area (Å²) in [5.74, 6) is 1.13. The maximum absolute atomic E-state index is 12.9. The van der Waals surface area contributed by atoms with E-state index in [2.05, 4.69) is 27.1 Å². The van der Waals surface area contributed by atoms with Gasteiger partial charge in [-0.1, -0.05) is 48.0 Å². The third-order valence-corrected chi connectivity index (χ3v) is 5.11. The Morgan fingerprint density at radius 2 is 1.62 bits per heavy atom. The van der Waals surface area contributed by atoms with Crippen molar-refractivity contribution in [1.29, 1.82) is 0 Å². The molecule has 2 aromatic carbocycles. The molecule has 0 atom stereocenters. The summed E-state index contributed by atoms with van der Waals surface area (Å²) in [5.41, 5.74) is 3.16. The standard InChI is InChI=1S/C23H25N5O/c1-17-8-10-19(11-9-17)24-23(29)20-16-21(28-14-12-27(2)13-15-28)26-22(25-20)18-6-4-3-5-7-18/h3-11,16H,12-15H2,1-2H3,(H,24,29). The largest absolute Gasteiger partial charge is 0.354 e. The number of aromatic nitrogens is 2. The molecule has 1 saturated heterocycles. The molecule has 0 bridgehead atoms. The Balaban J connectivity index is 1.67. The lowest BCUT2D eigenvalue weighted by Crippen LogP contribution is -2.45. The lowest BCUT2D eigenvalue weighted by molar-refractivity contribution is 0.102. The van der Waals surface area contributed by atoms with E-state index in [0.717, 1.165) is 48.8 Å². The molecule has 0 spiro atoms. The van der Waals surface area contributed by atoms with Gasteiger partial charge in [0.25, 0.3) is 5.91 Å². The van der Waals surface area contributed by atoms with Gasteiger partial charge in [-0.25, -0.2) is 9.97 Å². The fraction of sp³-hybridized carbons (Fsp3) is 0.261. The summed E-state index contributed by atoms with van der Waals surface area (Å²) < 4.78 is 0. The van der Waals surface area contributed by atoms with Gasteiger partial charge < -0.3 is 15.1 Å². The third-order valence-electron chi connectivity index (χ3n) is 5.11. The highest BCUT2D eigenvalue weighted by molar-refractivity contribution is 6.03. The molecule has 1 amide bonds. The Labute approximate surface area is 171 Å². The van der Waals surface area contributed by atoms with Crippen molar-refractivity contribution in [3.05, 3.63) is 71.9 Å². The zero-order valence-corrected chi connectivity index (χ0v) is 16.8. The lowest BCUT2D eigenvalue weighted by atomic mass is 10.2. The van der Waals surface area contributed by atoms with E-state index < -0.39 is 0 Å². The number of amides is 1. The van der Waals surface area contributed by atoms with Crippen molar-refractivity contribution in [1.82, 2.24) is 14.9 Å². The van der Waals surface area contributed by atoms with E-state index in [1.165, 1.54) is 0 Å². The van der Waals surface area contributed by atoms with Crippen LogP contribution in [0.2, 0.25) is 0 Å². The summed E-state index contributed by atoms with van der Waals surface area (Å²) in [5, 5.41) is 2.95. The first-order valence-electron chi connectivity index (χ1n) is 9.84. The number of hydrogen-bond donors (Lipinski definition) is 1. The Kier molecular flexibility index (Phi) is 5.53. The van der Waals surface area contributed by atoms with E-state index in [4.69, 9.17) is 4.98 Å². The second-order valence-corrected chi connectivity index (χ2v) is 7.41. The van der Waals surface area contributed by atoms with Gasteiger partial charge in [0.1, 0.15) is 11.5 Å². The van der Waals surface area contributed by atoms with Crippen LogP contribution in [0.15, 0.2) is 60.7 Å². The molecule has 6 heteroatoms. The minimum absolute atomic E-state index is 0.233. The summed E-state index contributed by atoms with van der Waals surface area (Å²) in [4.78, 5) is 26.8. The minimum atomic E-state index is -0.233. The molecule has 0 unspecified atom stereocenters. The maximum atomic E-state index is 12.9. The van der Waals surface area contributed by atoms with Gasteiger partial charge in [0.15, 0.2) is 5.82 Å². The third kappa shape index (κ3) is 4.60. The fourth-order valence-electron chi connectivity index (χ4n) is 3.30. The zero-order valence-electron chi connectivity index (χ0n) is 16.8. The SMILES string of the molecule is Cc1ccc(NC(=O)c2cc(N3CCN(C)CC3)nc(-c3ccccc3)n2)cc1. The Morgan fingerprint density at radius 1 is 0.931 bits per heavy atom. The number of benzene rings is 2. The molecule has 1 fully saturated rings. The molecule has 0 aliphatic carbocycles. The Morgan fingerprint density at radius 3 is 2.31 bits per heavy atom. The molecule has 4 rings (SSSR count). The zero-order chi connectivity index (χ0) is 20.2. The van der Waals surface area contributed by atoms with Gasteiger partial charge in [0.05, 0.1) is 0 Å². The summed E-state index contributed by atoms with van der Waals surface area (Å²) in [7, 11) is 2.12. The van der Waals surface area contributed by atoms with Crippen molar-refractivity contribution < 1.29 is 4.79 Å². The highest BCUT2D eigenvalue weighted by Crippen LogP contribution is 2.22. The van der Waals surface area contributed by atoms with Gasteiger partial charge in [-0.15, -0.1) is 0 Å².